The predicted molar refractivity (Wildman–Crippen MR) is 162 cm³/mol. The molecule has 4 aromatic rings. The lowest BCUT2D eigenvalue weighted by molar-refractivity contribution is 0.166. The second kappa shape index (κ2) is 9.43. The van der Waals surface area contributed by atoms with Gasteiger partial charge in [-0.2, -0.15) is 0 Å². The molecule has 1 nitrogen and oxygen atoms in total. The molecule has 2 saturated carbocycles. The van der Waals surface area contributed by atoms with Crippen LogP contribution in [0.2, 0.25) is 0 Å². The zero-order valence-corrected chi connectivity index (χ0v) is 24.3. The van der Waals surface area contributed by atoms with Crippen LogP contribution in [-0.4, -0.2) is 0 Å². The summed E-state index contributed by atoms with van der Waals surface area (Å²) in [5, 5.41) is 0. The molecule has 4 aliphatic rings. The van der Waals surface area contributed by atoms with Crippen molar-refractivity contribution in [2.75, 3.05) is 4.90 Å². The molecule has 2 atom stereocenters. The Morgan fingerprint density at radius 1 is 0.568 bits per heavy atom. The number of nitrogens with zero attached hydrogens (tertiary/aromatic N) is 1. The van der Waals surface area contributed by atoms with E-state index in [2.05, 4.69) is 129 Å². The van der Waals surface area contributed by atoms with Crippen molar-refractivity contribution in [1.29, 1.82) is 0 Å². The van der Waals surface area contributed by atoms with Gasteiger partial charge < -0.3 is 4.90 Å². The molecule has 0 spiro atoms. The van der Waals surface area contributed by atoms with E-state index in [9.17, 15) is 0 Å². The molecule has 186 valence electrons. The van der Waals surface area contributed by atoms with Crippen LogP contribution < -0.4 is 4.90 Å². The van der Waals surface area contributed by atoms with Crippen molar-refractivity contribution in [3.63, 3.8) is 0 Å². The molecule has 0 heterocycles. The zero-order chi connectivity index (χ0) is 25.1. The van der Waals surface area contributed by atoms with E-state index in [0.717, 1.165) is 44.0 Å². The number of anilines is 3. The summed E-state index contributed by atoms with van der Waals surface area (Å²) in [6.07, 6.45) is 7.17. The summed E-state index contributed by atoms with van der Waals surface area (Å²) in [6.45, 7) is 2.26. The quantitative estimate of drug-likeness (QED) is 0.221. The van der Waals surface area contributed by atoms with Crippen molar-refractivity contribution in [2.24, 2.45) is 11.8 Å². The van der Waals surface area contributed by atoms with Crippen molar-refractivity contribution in [1.82, 2.24) is 0 Å². The van der Waals surface area contributed by atoms with Crippen molar-refractivity contribution < 1.29 is 0 Å². The Balaban J connectivity index is 1.27. The number of hydrogen-bond acceptors (Lipinski definition) is 1. The molecular formula is C34H31Br2N. The number of aryl methyl sites for hydroxylation is 1. The van der Waals surface area contributed by atoms with Gasteiger partial charge in [-0.15, -0.1) is 0 Å². The fraction of sp³-hybridized carbons (Fsp3) is 0.294. The van der Waals surface area contributed by atoms with E-state index in [1.54, 1.807) is 11.1 Å². The van der Waals surface area contributed by atoms with Crippen LogP contribution in [0.4, 0.5) is 17.1 Å². The van der Waals surface area contributed by atoms with Crippen LogP contribution >= 0.6 is 31.9 Å². The van der Waals surface area contributed by atoms with Crippen molar-refractivity contribution in [3.05, 3.63) is 111 Å². The molecule has 3 heteroatoms. The SMILES string of the molecule is Cc1cc(N(c2ccc(Br)cc2)c2ccc(Br)cc2)ccc1-c1ccc2c(c1)C1CC3CC(CC2C3)C1. The maximum Gasteiger partial charge on any atom is 0.0464 e. The summed E-state index contributed by atoms with van der Waals surface area (Å²) in [6, 6.07) is 31.5. The lowest BCUT2D eigenvalue weighted by atomic mass is 9.67. The molecule has 37 heavy (non-hydrogen) atoms. The minimum atomic E-state index is 0.774. The molecule has 2 fully saturated rings. The van der Waals surface area contributed by atoms with Gasteiger partial charge in [0.05, 0.1) is 0 Å². The lowest BCUT2D eigenvalue weighted by Gasteiger charge is -2.38. The highest BCUT2D eigenvalue weighted by Crippen LogP contribution is 2.56. The molecule has 0 amide bonds. The van der Waals surface area contributed by atoms with E-state index in [-0.39, 0.29) is 0 Å². The van der Waals surface area contributed by atoms with E-state index in [4.69, 9.17) is 0 Å². The van der Waals surface area contributed by atoms with Gasteiger partial charge in [0.2, 0.25) is 0 Å². The molecule has 2 unspecified atom stereocenters. The van der Waals surface area contributed by atoms with E-state index in [1.165, 1.54) is 54.5 Å². The van der Waals surface area contributed by atoms with Crippen LogP contribution in [0.3, 0.4) is 0 Å². The first-order chi connectivity index (χ1) is 18.0. The molecule has 0 N–H and O–H groups in total. The molecule has 4 aliphatic carbocycles. The highest BCUT2D eigenvalue weighted by molar-refractivity contribution is 9.10. The number of benzene rings is 4. The molecular weight excluding hydrogens is 582 g/mol. The highest BCUT2D eigenvalue weighted by Gasteiger charge is 2.42. The Morgan fingerprint density at radius 3 is 1.68 bits per heavy atom. The average molecular weight is 613 g/mol. The first-order valence-corrected chi connectivity index (χ1v) is 15.2. The second-order valence-corrected chi connectivity index (χ2v) is 13.3. The molecule has 0 aromatic heterocycles. The Kier molecular flexibility index (Phi) is 6.05. The smallest absolute Gasteiger partial charge is 0.0464 e. The van der Waals surface area contributed by atoms with Crippen molar-refractivity contribution >= 4 is 48.9 Å². The molecule has 8 rings (SSSR count). The topological polar surface area (TPSA) is 3.24 Å². The van der Waals surface area contributed by atoms with Gasteiger partial charge in [-0.25, -0.2) is 0 Å². The standard InChI is InChI=1S/C34H31Br2N/c1-21-14-31(37(29-7-3-27(35)4-8-29)30-9-5-28(36)6-10-30)11-13-32(21)24-2-12-33-25-16-22-15-23(17-25)19-26(18-22)34(33)20-24/h2-14,20,22-23,25-26H,15-19H2,1H3. The zero-order valence-electron chi connectivity index (χ0n) is 21.1. The maximum atomic E-state index is 3.59. The van der Waals surface area contributed by atoms with Gasteiger partial charge in [0.25, 0.3) is 0 Å². The fourth-order valence-electron chi connectivity index (χ4n) is 7.56. The van der Waals surface area contributed by atoms with Gasteiger partial charge >= 0.3 is 0 Å². The van der Waals surface area contributed by atoms with Gasteiger partial charge in [-0.1, -0.05) is 56.1 Å². The number of rotatable bonds is 4. The van der Waals surface area contributed by atoms with Gasteiger partial charge in [-0.3, -0.25) is 0 Å². The second-order valence-electron chi connectivity index (χ2n) is 11.4. The summed E-state index contributed by atoms with van der Waals surface area (Å²) >= 11 is 7.18. The summed E-state index contributed by atoms with van der Waals surface area (Å²) < 4.78 is 2.17. The van der Waals surface area contributed by atoms with Gasteiger partial charge in [0, 0.05) is 26.0 Å². The Hall–Kier alpha value is -2.36. The molecule has 4 bridgehead atoms. The molecule has 0 aliphatic heterocycles. The third kappa shape index (κ3) is 4.38. The Bertz CT molecular complexity index is 1400. The first kappa shape index (κ1) is 23.7. The molecule has 4 aromatic carbocycles. The van der Waals surface area contributed by atoms with E-state index in [0.29, 0.717) is 0 Å². The number of hydrogen-bond donors (Lipinski definition) is 0. The van der Waals surface area contributed by atoms with Gasteiger partial charge in [0.15, 0.2) is 0 Å². The van der Waals surface area contributed by atoms with Gasteiger partial charge in [0.1, 0.15) is 0 Å². The third-order valence-electron chi connectivity index (χ3n) is 9.05. The summed E-state index contributed by atoms with van der Waals surface area (Å²) in [7, 11) is 0. The van der Waals surface area contributed by atoms with E-state index in [1.807, 2.05) is 0 Å². The number of halogens is 2. The minimum Gasteiger partial charge on any atom is -0.310 e. The van der Waals surface area contributed by atoms with Crippen LogP contribution in [0.15, 0.2) is 93.9 Å². The van der Waals surface area contributed by atoms with Crippen molar-refractivity contribution in [3.8, 4) is 11.1 Å². The Labute approximate surface area is 237 Å². The van der Waals surface area contributed by atoms with Crippen LogP contribution in [-0.2, 0) is 0 Å². The highest BCUT2D eigenvalue weighted by atomic mass is 79.9. The summed E-state index contributed by atoms with van der Waals surface area (Å²) in [5.41, 5.74) is 10.9. The molecule has 0 radical (unpaired) electrons. The third-order valence-corrected chi connectivity index (χ3v) is 10.1. The van der Waals surface area contributed by atoms with E-state index >= 15 is 0 Å². The van der Waals surface area contributed by atoms with E-state index < -0.39 is 0 Å². The van der Waals surface area contributed by atoms with Gasteiger partial charge in [-0.05, 0) is 151 Å². The normalized spacial score (nSPS) is 23.5. The predicted octanol–water partition coefficient (Wildman–Crippen LogP) is 11.0. The molecule has 0 saturated heterocycles. The van der Waals surface area contributed by atoms with Crippen LogP contribution in [0, 0.1) is 18.8 Å². The van der Waals surface area contributed by atoms with Crippen LogP contribution in [0.1, 0.15) is 60.6 Å². The largest absolute Gasteiger partial charge is 0.310 e. The summed E-state index contributed by atoms with van der Waals surface area (Å²) in [5.74, 6) is 3.50. The summed E-state index contributed by atoms with van der Waals surface area (Å²) in [4.78, 5) is 2.34. The first-order valence-electron chi connectivity index (χ1n) is 13.6. The van der Waals surface area contributed by atoms with Crippen LogP contribution in [0.5, 0.6) is 0 Å². The van der Waals surface area contributed by atoms with Crippen molar-refractivity contribution in [2.45, 2.75) is 50.9 Å². The fourth-order valence-corrected chi connectivity index (χ4v) is 8.09. The lowest BCUT2D eigenvalue weighted by Crippen LogP contribution is -2.25. The average Bonchev–Trinajstić information content (AvgIpc) is 3.06. The van der Waals surface area contributed by atoms with Crippen LogP contribution in [0.25, 0.3) is 11.1 Å². The maximum absolute atomic E-state index is 3.59. The Morgan fingerprint density at radius 2 is 1.11 bits per heavy atom. The minimum absolute atomic E-state index is 0.774. The monoisotopic (exact) mass is 611 g/mol.